The Morgan fingerprint density at radius 1 is 0.432 bits per heavy atom. The fraction of sp³-hybridized carbons (Fsp3) is 0. The van der Waals surface area contributed by atoms with E-state index >= 15 is 0 Å². The van der Waals surface area contributed by atoms with E-state index in [1.54, 1.807) is 0 Å². The molecule has 6 aromatic carbocycles. The molecule has 0 spiro atoms. The van der Waals surface area contributed by atoms with Gasteiger partial charge in [0, 0.05) is 38.2 Å². The summed E-state index contributed by atoms with van der Waals surface area (Å²) in [5.74, 6) is 1.81. The maximum absolute atomic E-state index is 6.37. The van der Waals surface area contributed by atoms with Gasteiger partial charge in [-0.3, -0.25) is 4.57 Å². The van der Waals surface area contributed by atoms with E-state index in [1.807, 2.05) is 48.5 Å². The van der Waals surface area contributed by atoms with Crippen LogP contribution in [-0.4, -0.2) is 19.5 Å². The lowest BCUT2D eigenvalue weighted by atomic mass is 10.0. The zero-order valence-electron chi connectivity index (χ0n) is 23.6. The van der Waals surface area contributed by atoms with Crippen molar-refractivity contribution < 1.29 is 4.42 Å². The van der Waals surface area contributed by atoms with Crippen molar-refractivity contribution in [1.82, 2.24) is 19.5 Å². The second kappa shape index (κ2) is 9.75. The number of rotatable bonds is 4. The van der Waals surface area contributed by atoms with Crippen molar-refractivity contribution in [3.8, 4) is 39.9 Å². The summed E-state index contributed by atoms with van der Waals surface area (Å²) >= 11 is 0. The van der Waals surface area contributed by atoms with Crippen LogP contribution in [0.1, 0.15) is 0 Å². The second-order valence-corrected chi connectivity index (χ2v) is 10.9. The van der Waals surface area contributed by atoms with Crippen molar-refractivity contribution in [2.45, 2.75) is 0 Å². The molecule has 0 saturated carbocycles. The maximum Gasteiger partial charge on any atom is 0.238 e. The van der Waals surface area contributed by atoms with Gasteiger partial charge < -0.3 is 4.42 Å². The van der Waals surface area contributed by atoms with E-state index in [9.17, 15) is 0 Å². The second-order valence-electron chi connectivity index (χ2n) is 10.9. The largest absolute Gasteiger partial charge is 0.455 e. The minimum absolute atomic E-state index is 0.580. The Balaban J connectivity index is 1.27. The molecule has 44 heavy (non-hydrogen) atoms. The first kappa shape index (κ1) is 24.5. The van der Waals surface area contributed by atoms with Gasteiger partial charge in [-0.15, -0.1) is 0 Å². The molecule has 0 atom stereocenters. The highest BCUT2D eigenvalue weighted by molar-refractivity contribution is 6.10. The summed E-state index contributed by atoms with van der Waals surface area (Å²) in [5, 5.41) is 4.53. The SMILES string of the molecule is c1ccc(-c2nc(-c3cccc(-c4cccc5c4oc4ccccc45)c3)nc(-n3c4ccccc4c4ccccc43)n2)cc1. The number of para-hydroxylation sites is 4. The lowest BCUT2D eigenvalue weighted by Gasteiger charge is -2.11. The van der Waals surface area contributed by atoms with Gasteiger partial charge >= 0.3 is 0 Å². The molecular weight excluding hydrogens is 540 g/mol. The first-order valence-corrected chi connectivity index (χ1v) is 14.6. The van der Waals surface area contributed by atoms with Gasteiger partial charge in [0.2, 0.25) is 5.95 Å². The van der Waals surface area contributed by atoms with Crippen LogP contribution in [0.2, 0.25) is 0 Å². The molecule has 3 aromatic heterocycles. The molecule has 0 aliphatic rings. The van der Waals surface area contributed by atoms with Gasteiger partial charge in [0.25, 0.3) is 0 Å². The molecule has 0 saturated heterocycles. The Morgan fingerprint density at radius 2 is 1.00 bits per heavy atom. The van der Waals surface area contributed by atoms with Crippen molar-refractivity contribution in [3.63, 3.8) is 0 Å². The van der Waals surface area contributed by atoms with Crippen LogP contribution in [0.15, 0.2) is 150 Å². The zero-order chi connectivity index (χ0) is 29.0. The van der Waals surface area contributed by atoms with E-state index in [2.05, 4.69) is 102 Å². The Bertz CT molecular complexity index is 2460. The zero-order valence-corrected chi connectivity index (χ0v) is 23.6. The minimum atomic E-state index is 0.580. The maximum atomic E-state index is 6.37. The van der Waals surface area contributed by atoms with Crippen LogP contribution in [0, 0.1) is 0 Å². The normalized spacial score (nSPS) is 11.6. The van der Waals surface area contributed by atoms with Gasteiger partial charge in [-0.05, 0) is 29.8 Å². The number of hydrogen-bond acceptors (Lipinski definition) is 4. The minimum Gasteiger partial charge on any atom is -0.455 e. The Labute approximate surface area is 252 Å². The molecule has 0 amide bonds. The van der Waals surface area contributed by atoms with Crippen LogP contribution in [0.5, 0.6) is 0 Å². The van der Waals surface area contributed by atoms with Gasteiger partial charge in [-0.1, -0.05) is 121 Å². The number of benzene rings is 6. The average molecular weight is 565 g/mol. The fourth-order valence-electron chi connectivity index (χ4n) is 6.25. The van der Waals surface area contributed by atoms with Crippen molar-refractivity contribution in [1.29, 1.82) is 0 Å². The van der Waals surface area contributed by atoms with E-state index in [-0.39, 0.29) is 0 Å². The van der Waals surface area contributed by atoms with E-state index in [4.69, 9.17) is 19.4 Å². The summed E-state index contributed by atoms with van der Waals surface area (Å²) in [4.78, 5) is 15.2. The van der Waals surface area contributed by atoms with Crippen molar-refractivity contribution in [3.05, 3.63) is 146 Å². The number of aromatic nitrogens is 4. The van der Waals surface area contributed by atoms with E-state index in [1.165, 1.54) is 0 Å². The molecule has 5 heteroatoms. The van der Waals surface area contributed by atoms with Crippen LogP contribution in [0.25, 0.3) is 83.6 Å². The van der Waals surface area contributed by atoms with Gasteiger partial charge in [-0.25, -0.2) is 4.98 Å². The lowest BCUT2D eigenvalue weighted by molar-refractivity contribution is 0.670. The van der Waals surface area contributed by atoms with Crippen LogP contribution >= 0.6 is 0 Å². The van der Waals surface area contributed by atoms with Gasteiger partial charge in [-0.2, -0.15) is 9.97 Å². The molecule has 0 fully saturated rings. The first-order chi connectivity index (χ1) is 21.8. The van der Waals surface area contributed by atoms with Gasteiger partial charge in [0.15, 0.2) is 11.6 Å². The Kier molecular flexibility index (Phi) is 5.43. The number of hydrogen-bond donors (Lipinski definition) is 0. The van der Waals surface area contributed by atoms with Crippen molar-refractivity contribution in [2.75, 3.05) is 0 Å². The predicted molar refractivity (Wildman–Crippen MR) is 178 cm³/mol. The van der Waals surface area contributed by atoms with Crippen LogP contribution < -0.4 is 0 Å². The third kappa shape index (κ3) is 3.83. The number of furan rings is 1. The molecule has 5 nitrogen and oxygen atoms in total. The average Bonchev–Trinajstić information content (AvgIpc) is 3.65. The smallest absolute Gasteiger partial charge is 0.238 e. The van der Waals surface area contributed by atoms with Crippen molar-refractivity contribution in [2.24, 2.45) is 0 Å². The summed E-state index contributed by atoms with van der Waals surface area (Å²) in [5.41, 5.74) is 7.75. The molecule has 0 aliphatic heterocycles. The van der Waals surface area contributed by atoms with Crippen molar-refractivity contribution >= 4 is 43.7 Å². The highest BCUT2D eigenvalue weighted by atomic mass is 16.3. The van der Waals surface area contributed by atoms with Gasteiger partial charge in [0.05, 0.1) is 11.0 Å². The molecule has 9 rings (SSSR count). The molecular formula is C39H24N4O. The standard InChI is InChI=1S/C39H24N4O/c1-2-12-25(13-3-1)37-40-38(42-39(41-37)43-33-21-7-4-16-29(33)30-17-5-8-22-34(30)43)27-15-10-14-26(24-27)28-19-11-20-32-31-18-6-9-23-35(31)44-36(28)32/h1-24H. The van der Waals surface area contributed by atoms with E-state index in [0.717, 1.165) is 66.0 Å². The topological polar surface area (TPSA) is 56.7 Å². The first-order valence-electron chi connectivity index (χ1n) is 14.6. The molecule has 3 heterocycles. The Morgan fingerprint density at radius 3 is 1.77 bits per heavy atom. The summed E-state index contributed by atoms with van der Waals surface area (Å²) in [6.07, 6.45) is 0. The third-order valence-electron chi connectivity index (χ3n) is 8.27. The fourth-order valence-corrected chi connectivity index (χ4v) is 6.25. The quantitative estimate of drug-likeness (QED) is 0.213. The molecule has 0 bridgehead atoms. The highest BCUT2D eigenvalue weighted by Crippen LogP contribution is 2.37. The third-order valence-corrected chi connectivity index (χ3v) is 8.27. The number of nitrogens with zero attached hydrogens (tertiary/aromatic N) is 4. The summed E-state index contributed by atoms with van der Waals surface area (Å²) < 4.78 is 8.51. The van der Waals surface area contributed by atoms with E-state index < -0.39 is 0 Å². The molecule has 0 N–H and O–H groups in total. The molecule has 9 aromatic rings. The molecule has 206 valence electrons. The number of fused-ring (bicyclic) bond motifs is 6. The van der Waals surface area contributed by atoms with Gasteiger partial charge in [0.1, 0.15) is 11.2 Å². The Hall–Kier alpha value is -6.07. The molecule has 0 radical (unpaired) electrons. The lowest BCUT2D eigenvalue weighted by Crippen LogP contribution is -2.06. The summed E-state index contributed by atoms with van der Waals surface area (Å²) in [7, 11) is 0. The molecule has 0 aliphatic carbocycles. The van der Waals surface area contributed by atoms with Crippen LogP contribution in [0.3, 0.4) is 0 Å². The monoisotopic (exact) mass is 564 g/mol. The highest BCUT2D eigenvalue weighted by Gasteiger charge is 2.18. The van der Waals surface area contributed by atoms with E-state index in [0.29, 0.717) is 17.6 Å². The molecule has 0 unspecified atom stereocenters. The van der Waals surface area contributed by atoms with Crippen LogP contribution in [0.4, 0.5) is 0 Å². The summed E-state index contributed by atoms with van der Waals surface area (Å²) in [6.45, 7) is 0. The predicted octanol–water partition coefficient (Wildman–Crippen LogP) is 9.87. The van der Waals surface area contributed by atoms with Crippen LogP contribution in [-0.2, 0) is 0 Å². The summed E-state index contributed by atoms with van der Waals surface area (Å²) in [6, 6.07) is 49.7.